The van der Waals surface area contributed by atoms with E-state index in [-0.39, 0.29) is 29.2 Å². The van der Waals surface area contributed by atoms with E-state index in [1.165, 1.54) is 23.5 Å². The molecule has 2 aromatic carbocycles. The van der Waals surface area contributed by atoms with Crippen LogP contribution in [0.15, 0.2) is 64.8 Å². The summed E-state index contributed by atoms with van der Waals surface area (Å²) in [5.41, 5.74) is 3.40. The molecule has 4 aromatic rings. The van der Waals surface area contributed by atoms with Crippen molar-refractivity contribution in [2.45, 2.75) is 32.7 Å². The second kappa shape index (κ2) is 9.62. The predicted octanol–water partition coefficient (Wildman–Crippen LogP) is 4.99. The lowest BCUT2D eigenvalue weighted by molar-refractivity contribution is -0.126. The Kier molecular flexibility index (Phi) is 6.38. The number of carbonyl (C=O) groups is 1. The molecule has 0 radical (unpaired) electrons. The third-order valence-electron chi connectivity index (χ3n) is 6.63. The lowest BCUT2D eigenvalue weighted by Gasteiger charge is -2.33. The molecule has 5 rings (SSSR count). The van der Waals surface area contributed by atoms with Crippen LogP contribution >= 0.6 is 11.3 Å². The molecule has 0 saturated carbocycles. The minimum absolute atomic E-state index is 0.00125. The first-order valence-electron chi connectivity index (χ1n) is 11.8. The number of rotatable bonds is 5. The Hall–Kier alpha value is -3.52. The number of nitrogens with one attached hydrogen (secondary N) is 1. The molecule has 6 nitrogen and oxygen atoms in total. The number of hydrogen-bond acceptors (Lipinski definition) is 5. The van der Waals surface area contributed by atoms with E-state index in [1.807, 2.05) is 49.6 Å². The summed E-state index contributed by atoms with van der Waals surface area (Å²) < 4.78 is 15.5. The van der Waals surface area contributed by atoms with Crippen molar-refractivity contribution >= 4 is 33.4 Å². The summed E-state index contributed by atoms with van der Waals surface area (Å²) in [6.07, 6.45) is 1.32. The topological polar surface area (TPSA) is 67.2 Å². The van der Waals surface area contributed by atoms with Crippen molar-refractivity contribution < 1.29 is 9.18 Å². The van der Waals surface area contributed by atoms with Crippen molar-refractivity contribution in [1.29, 1.82) is 0 Å². The lowest BCUT2D eigenvalue weighted by Crippen LogP contribution is -2.43. The molecule has 1 saturated heterocycles. The fraction of sp³-hybridized carbons (Fsp3) is 0.296. The van der Waals surface area contributed by atoms with Gasteiger partial charge in [-0.2, -0.15) is 0 Å². The normalized spacial score (nSPS) is 15.3. The van der Waals surface area contributed by atoms with Gasteiger partial charge in [0.15, 0.2) is 0 Å². The second-order valence-electron chi connectivity index (χ2n) is 9.07. The van der Waals surface area contributed by atoms with Crippen LogP contribution in [-0.4, -0.2) is 28.5 Å². The van der Waals surface area contributed by atoms with E-state index in [1.54, 1.807) is 16.7 Å². The number of nitrogens with zero attached hydrogens (tertiary/aromatic N) is 3. The van der Waals surface area contributed by atoms with Gasteiger partial charge in [-0.1, -0.05) is 29.8 Å². The van der Waals surface area contributed by atoms with E-state index in [4.69, 9.17) is 4.98 Å². The number of fused-ring (bicyclic) bond motifs is 1. The Morgan fingerprint density at radius 1 is 1.09 bits per heavy atom. The highest BCUT2D eigenvalue weighted by atomic mass is 32.1. The van der Waals surface area contributed by atoms with Crippen molar-refractivity contribution in [2.75, 3.05) is 18.0 Å². The third kappa shape index (κ3) is 4.71. The molecular weight excluding hydrogens is 463 g/mol. The number of amides is 1. The van der Waals surface area contributed by atoms with Crippen molar-refractivity contribution in [3.8, 4) is 5.69 Å². The smallest absolute Gasteiger partial charge is 0.277 e. The van der Waals surface area contributed by atoms with Gasteiger partial charge in [0, 0.05) is 19.0 Å². The molecule has 2 aromatic heterocycles. The molecule has 0 aliphatic carbocycles. The standard InChI is InChI=1S/C27H27FN4O2S/c1-17-3-9-22(10-4-17)32-26(34)24-23(13-16-35-24)30-27(32)31-14-11-20(12-15-31)25(33)29-18(2)19-5-7-21(28)8-6-19/h3-10,13,16,18,20H,11-12,14-15H2,1-2H3,(H,29,33). The van der Waals surface area contributed by atoms with Gasteiger partial charge in [0.1, 0.15) is 10.5 Å². The molecule has 1 amide bonds. The summed E-state index contributed by atoms with van der Waals surface area (Å²) >= 11 is 1.40. The first-order chi connectivity index (χ1) is 16.9. The van der Waals surface area contributed by atoms with Gasteiger partial charge in [-0.05, 0) is 68.0 Å². The van der Waals surface area contributed by atoms with Crippen LogP contribution in [0.4, 0.5) is 10.3 Å². The summed E-state index contributed by atoms with van der Waals surface area (Å²) in [6, 6.07) is 15.7. The minimum Gasteiger partial charge on any atom is -0.349 e. The molecule has 1 atom stereocenters. The van der Waals surface area contributed by atoms with Crippen LogP contribution in [0.25, 0.3) is 15.9 Å². The van der Waals surface area contributed by atoms with Crippen LogP contribution < -0.4 is 15.8 Å². The van der Waals surface area contributed by atoms with Crippen molar-refractivity contribution in [1.82, 2.24) is 14.9 Å². The van der Waals surface area contributed by atoms with Crippen LogP contribution in [-0.2, 0) is 4.79 Å². The zero-order valence-corrected chi connectivity index (χ0v) is 20.5. The van der Waals surface area contributed by atoms with Crippen molar-refractivity contribution in [3.05, 3.63) is 87.3 Å². The molecule has 1 aliphatic rings. The molecule has 0 bridgehead atoms. The largest absolute Gasteiger partial charge is 0.349 e. The molecule has 1 fully saturated rings. The van der Waals surface area contributed by atoms with Gasteiger partial charge in [0.2, 0.25) is 11.9 Å². The van der Waals surface area contributed by atoms with Gasteiger partial charge in [0.25, 0.3) is 5.56 Å². The summed E-state index contributed by atoms with van der Waals surface area (Å²) in [5, 5.41) is 4.95. The maximum atomic E-state index is 13.4. The fourth-order valence-electron chi connectivity index (χ4n) is 4.55. The zero-order chi connectivity index (χ0) is 24.5. The fourth-order valence-corrected chi connectivity index (χ4v) is 5.31. The number of hydrogen-bond donors (Lipinski definition) is 1. The predicted molar refractivity (Wildman–Crippen MR) is 138 cm³/mol. The Balaban J connectivity index is 1.35. The Labute approximate surface area is 207 Å². The number of benzene rings is 2. The number of aryl methyl sites for hydroxylation is 1. The molecule has 35 heavy (non-hydrogen) atoms. The van der Waals surface area contributed by atoms with Gasteiger partial charge in [-0.15, -0.1) is 11.3 Å². The van der Waals surface area contributed by atoms with Crippen LogP contribution in [0.1, 0.15) is 36.9 Å². The maximum Gasteiger partial charge on any atom is 0.277 e. The van der Waals surface area contributed by atoms with Gasteiger partial charge in [-0.3, -0.25) is 9.59 Å². The highest BCUT2D eigenvalue weighted by Gasteiger charge is 2.29. The van der Waals surface area contributed by atoms with E-state index in [9.17, 15) is 14.0 Å². The minimum atomic E-state index is -0.294. The van der Waals surface area contributed by atoms with Gasteiger partial charge < -0.3 is 10.2 Å². The monoisotopic (exact) mass is 490 g/mol. The quantitative estimate of drug-likeness (QED) is 0.428. The number of thiophene rings is 1. The Morgan fingerprint density at radius 3 is 2.46 bits per heavy atom. The summed E-state index contributed by atoms with van der Waals surface area (Å²) in [4.78, 5) is 33.3. The maximum absolute atomic E-state index is 13.4. The Morgan fingerprint density at radius 2 is 1.77 bits per heavy atom. The summed E-state index contributed by atoms with van der Waals surface area (Å²) in [7, 11) is 0. The van der Waals surface area contributed by atoms with Crippen LogP contribution in [0.2, 0.25) is 0 Å². The highest BCUT2D eigenvalue weighted by Crippen LogP contribution is 2.27. The number of carbonyl (C=O) groups excluding carboxylic acids is 1. The summed E-state index contributed by atoms with van der Waals surface area (Å²) in [5.74, 6) is 0.193. The van der Waals surface area contributed by atoms with Crippen molar-refractivity contribution in [2.24, 2.45) is 5.92 Å². The number of halogens is 1. The molecule has 0 spiro atoms. The number of aromatic nitrogens is 2. The number of piperidine rings is 1. The molecule has 1 aliphatic heterocycles. The molecular formula is C27H27FN4O2S. The SMILES string of the molecule is Cc1ccc(-n2c(N3CCC(C(=O)NC(C)c4ccc(F)cc4)CC3)nc3ccsc3c2=O)cc1. The first kappa shape index (κ1) is 23.2. The number of anilines is 1. The molecule has 1 unspecified atom stereocenters. The van der Waals surface area contributed by atoms with E-state index in [2.05, 4.69) is 10.2 Å². The highest BCUT2D eigenvalue weighted by molar-refractivity contribution is 7.17. The average molecular weight is 491 g/mol. The lowest BCUT2D eigenvalue weighted by atomic mass is 9.95. The average Bonchev–Trinajstić information content (AvgIpc) is 3.34. The molecule has 1 N–H and O–H groups in total. The van der Waals surface area contributed by atoms with Crippen LogP contribution in [0.5, 0.6) is 0 Å². The zero-order valence-electron chi connectivity index (χ0n) is 19.7. The van der Waals surface area contributed by atoms with Gasteiger partial charge >= 0.3 is 0 Å². The second-order valence-corrected chi connectivity index (χ2v) is 9.98. The Bertz CT molecular complexity index is 1400. The van der Waals surface area contributed by atoms with Gasteiger partial charge in [-0.25, -0.2) is 13.9 Å². The van der Waals surface area contributed by atoms with E-state index in [0.29, 0.717) is 42.1 Å². The van der Waals surface area contributed by atoms with E-state index < -0.39 is 0 Å². The first-order valence-corrected chi connectivity index (χ1v) is 12.7. The summed E-state index contributed by atoms with van der Waals surface area (Å²) in [6.45, 7) is 5.16. The third-order valence-corrected chi connectivity index (χ3v) is 7.52. The molecule has 3 heterocycles. The van der Waals surface area contributed by atoms with Crippen molar-refractivity contribution in [3.63, 3.8) is 0 Å². The van der Waals surface area contributed by atoms with E-state index >= 15 is 0 Å². The molecule has 180 valence electrons. The van der Waals surface area contributed by atoms with E-state index in [0.717, 1.165) is 16.8 Å². The molecule has 8 heteroatoms. The van der Waals surface area contributed by atoms with Crippen LogP contribution in [0.3, 0.4) is 0 Å². The van der Waals surface area contributed by atoms with Crippen LogP contribution in [0, 0.1) is 18.7 Å². The van der Waals surface area contributed by atoms with Gasteiger partial charge in [0.05, 0.1) is 17.2 Å².